The molecule has 0 radical (unpaired) electrons. The highest BCUT2D eigenvalue weighted by atomic mass is 15.0. The zero-order valence-corrected chi connectivity index (χ0v) is 33.4. The zero-order chi connectivity index (χ0) is 40.7. The molecule has 62 heavy (non-hydrogen) atoms. The number of fused-ring (bicyclic) bond motifs is 10. The summed E-state index contributed by atoms with van der Waals surface area (Å²) in [6.07, 6.45) is 0. The molecule has 3 heterocycles. The van der Waals surface area contributed by atoms with Crippen LogP contribution in [-0.2, 0) is 0 Å². The molecule has 10 aromatic carbocycles. The zero-order valence-electron chi connectivity index (χ0n) is 33.4. The lowest BCUT2D eigenvalue weighted by atomic mass is 10.0. The van der Waals surface area contributed by atoms with Crippen molar-refractivity contribution in [3.05, 3.63) is 212 Å². The molecule has 0 aliphatic heterocycles. The minimum atomic E-state index is 0.644. The van der Waals surface area contributed by atoms with Gasteiger partial charge in [0.15, 0.2) is 17.5 Å². The first-order valence-electron chi connectivity index (χ1n) is 21.0. The van der Waals surface area contributed by atoms with Gasteiger partial charge in [0.25, 0.3) is 0 Å². The van der Waals surface area contributed by atoms with E-state index in [1.807, 2.05) is 60.7 Å². The Balaban J connectivity index is 1.04. The summed E-state index contributed by atoms with van der Waals surface area (Å²) in [5, 5.41) is 12.0. The van der Waals surface area contributed by atoms with Crippen LogP contribution in [0.25, 0.3) is 121 Å². The van der Waals surface area contributed by atoms with Crippen molar-refractivity contribution in [2.24, 2.45) is 0 Å². The maximum Gasteiger partial charge on any atom is 0.164 e. The first-order chi connectivity index (χ1) is 30.7. The van der Waals surface area contributed by atoms with Gasteiger partial charge in [-0.15, -0.1) is 0 Å². The second-order valence-electron chi connectivity index (χ2n) is 16.0. The van der Waals surface area contributed by atoms with Gasteiger partial charge >= 0.3 is 0 Å². The Bertz CT molecular complexity index is 3860. The second kappa shape index (κ2) is 13.6. The van der Waals surface area contributed by atoms with Crippen LogP contribution in [0.2, 0.25) is 0 Å². The van der Waals surface area contributed by atoms with Gasteiger partial charge < -0.3 is 9.13 Å². The van der Waals surface area contributed by atoms with Crippen molar-refractivity contribution in [2.75, 3.05) is 0 Å². The van der Waals surface area contributed by atoms with E-state index in [1.54, 1.807) is 0 Å². The summed E-state index contributed by atoms with van der Waals surface area (Å²) in [4.78, 5) is 15.1. The largest absolute Gasteiger partial charge is 0.309 e. The van der Waals surface area contributed by atoms with Crippen molar-refractivity contribution in [1.82, 2.24) is 24.1 Å². The Labute approximate surface area is 356 Å². The molecule has 0 N–H and O–H groups in total. The van der Waals surface area contributed by atoms with Gasteiger partial charge in [-0.1, -0.05) is 164 Å². The second-order valence-corrected chi connectivity index (χ2v) is 16.0. The number of para-hydroxylation sites is 1. The van der Waals surface area contributed by atoms with Gasteiger partial charge in [-0.3, -0.25) is 0 Å². The van der Waals surface area contributed by atoms with Crippen LogP contribution < -0.4 is 0 Å². The molecule has 0 bridgehead atoms. The van der Waals surface area contributed by atoms with Crippen LogP contribution in [0.3, 0.4) is 0 Å². The molecule has 0 aliphatic carbocycles. The molecule has 13 rings (SSSR count). The van der Waals surface area contributed by atoms with Crippen LogP contribution in [0.5, 0.6) is 0 Å². The lowest BCUT2D eigenvalue weighted by Crippen LogP contribution is -2.00. The summed E-state index contributed by atoms with van der Waals surface area (Å²) in [7, 11) is 0. The predicted octanol–water partition coefficient (Wildman–Crippen LogP) is 14.5. The fourth-order valence-electron chi connectivity index (χ4n) is 9.65. The van der Waals surface area contributed by atoms with Crippen LogP contribution >= 0.6 is 0 Å². The number of aromatic nitrogens is 5. The minimum absolute atomic E-state index is 0.644. The van der Waals surface area contributed by atoms with Crippen LogP contribution in [0.1, 0.15) is 0 Å². The third kappa shape index (κ3) is 5.32. The van der Waals surface area contributed by atoms with Gasteiger partial charge in [-0.2, -0.15) is 0 Å². The Hall–Kier alpha value is -8.41. The smallest absolute Gasteiger partial charge is 0.164 e. The molecule has 0 aliphatic rings. The van der Waals surface area contributed by atoms with Crippen LogP contribution in [-0.4, -0.2) is 24.1 Å². The van der Waals surface area contributed by atoms with Gasteiger partial charge in [0.2, 0.25) is 0 Å². The fraction of sp³-hybridized carbons (Fsp3) is 0. The molecular weight excluding hydrogens is 755 g/mol. The van der Waals surface area contributed by atoms with Crippen molar-refractivity contribution in [1.29, 1.82) is 0 Å². The molecule has 5 nitrogen and oxygen atoms in total. The van der Waals surface area contributed by atoms with Crippen LogP contribution in [0, 0.1) is 0 Å². The summed E-state index contributed by atoms with van der Waals surface area (Å²) in [5.74, 6) is 1.94. The van der Waals surface area contributed by atoms with Gasteiger partial charge in [0.1, 0.15) is 0 Å². The van der Waals surface area contributed by atoms with Gasteiger partial charge in [-0.25, -0.2) is 15.0 Å². The van der Waals surface area contributed by atoms with E-state index in [-0.39, 0.29) is 0 Å². The lowest BCUT2D eigenvalue weighted by molar-refractivity contribution is 1.08. The topological polar surface area (TPSA) is 48.5 Å². The van der Waals surface area contributed by atoms with E-state index in [0.29, 0.717) is 17.5 Å². The Morgan fingerprint density at radius 3 is 1.60 bits per heavy atom. The molecule has 288 valence electrons. The molecule has 0 unspecified atom stereocenters. The monoisotopic (exact) mass is 789 g/mol. The maximum atomic E-state index is 5.09. The van der Waals surface area contributed by atoms with E-state index < -0.39 is 0 Å². The molecule has 5 heteroatoms. The summed E-state index contributed by atoms with van der Waals surface area (Å²) in [5.41, 5.74) is 9.81. The van der Waals surface area contributed by atoms with Gasteiger partial charge in [0, 0.05) is 49.6 Å². The lowest BCUT2D eigenvalue weighted by Gasteiger charge is -2.13. The normalized spacial score (nSPS) is 11.9. The maximum absolute atomic E-state index is 5.09. The number of benzene rings is 10. The summed E-state index contributed by atoms with van der Waals surface area (Å²) in [6.45, 7) is 0. The minimum Gasteiger partial charge on any atom is -0.309 e. The molecule has 0 atom stereocenters. The molecule has 0 amide bonds. The quantitative estimate of drug-likeness (QED) is 0.174. The van der Waals surface area contributed by atoms with Crippen LogP contribution in [0.4, 0.5) is 0 Å². The highest BCUT2D eigenvalue weighted by Gasteiger charge is 2.21. The van der Waals surface area contributed by atoms with E-state index in [9.17, 15) is 0 Å². The van der Waals surface area contributed by atoms with E-state index in [1.165, 1.54) is 54.1 Å². The Kier molecular flexibility index (Phi) is 7.54. The van der Waals surface area contributed by atoms with E-state index in [2.05, 4.69) is 161 Å². The summed E-state index contributed by atoms with van der Waals surface area (Å²) >= 11 is 0. The molecule has 13 aromatic rings. The molecule has 0 saturated heterocycles. The highest BCUT2D eigenvalue weighted by Crippen LogP contribution is 2.43. The van der Waals surface area contributed by atoms with Crippen molar-refractivity contribution >= 4 is 75.9 Å². The molecule has 3 aromatic heterocycles. The number of nitrogens with zero attached hydrogens (tertiary/aromatic N) is 5. The first-order valence-corrected chi connectivity index (χ1v) is 21.0. The Morgan fingerprint density at radius 2 is 0.823 bits per heavy atom. The number of hydrogen-bond donors (Lipinski definition) is 0. The third-order valence-electron chi connectivity index (χ3n) is 12.5. The van der Waals surface area contributed by atoms with Crippen molar-refractivity contribution in [3.63, 3.8) is 0 Å². The van der Waals surface area contributed by atoms with Gasteiger partial charge in [-0.05, 0) is 80.8 Å². The average molecular weight is 790 g/mol. The molecule has 0 fully saturated rings. The average Bonchev–Trinajstić information content (AvgIpc) is 3.85. The van der Waals surface area contributed by atoms with E-state index in [4.69, 9.17) is 15.0 Å². The van der Waals surface area contributed by atoms with E-state index >= 15 is 0 Å². The van der Waals surface area contributed by atoms with E-state index in [0.717, 1.165) is 49.9 Å². The van der Waals surface area contributed by atoms with Crippen LogP contribution in [0.15, 0.2) is 212 Å². The summed E-state index contributed by atoms with van der Waals surface area (Å²) in [6, 6.07) is 75.9. The predicted molar refractivity (Wildman–Crippen MR) is 257 cm³/mol. The highest BCUT2D eigenvalue weighted by molar-refractivity contribution is 6.25. The fourth-order valence-corrected chi connectivity index (χ4v) is 9.65. The standard InChI is InChI=1S/C57H35N5/c1-3-16-38(17-4-1)55-58-56(39-18-5-2-6-19-39)60-57(59-55)47-24-13-21-41-33-43(29-30-44(41)47)61-50-25-12-11-23-46(50)48-34-53-49(35-52(48)61)54-45-22-10-9-15-37(45)27-31-51(54)62(53)42-28-26-36-14-7-8-20-40(36)32-42/h1-35H. The third-order valence-corrected chi connectivity index (χ3v) is 12.5. The summed E-state index contributed by atoms with van der Waals surface area (Å²) < 4.78 is 4.89. The van der Waals surface area contributed by atoms with Crippen molar-refractivity contribution < 1.29 is 0 Å². The van der Waals surface area contributed by atoms with Gasteiger partial charge in [0.05, 0.1) is 22.1 Å². The molecule has 0 saturated carbocycles. The van der Waals surface area contributed by atoms with Crippen molar-refractivity contribution in [3.8, 4) is 45.5 Å². The first kappa shape index (κ1) is 34.5. The molecule has 0 spiro atoms. The SMILES string of the molecule is c1ccc(-c2nc(-c3ccccc3)nc(-c3cccc4cc(-n5c6ccccc6c6cc7c(cc65)c5c6ccccc6ccc5n7-c5ccc6ccccc6c5)ccc34)n2)cc1. The number of hydrogen-bond acceptors (Lipinski definition) is 3. The molecular formula is C57H35N5. The number of rotatable bonds is 5. The van der Waals surface area contributed by atoms with Crippen molar-refractivity contribution in [2.45, 2.75) is 0 Å². The Morgan fingerprint density at radius 1 is 0.274 bits per heavy atom.